The second-order valence-corrected chi connectivity index (χ2v) is 8.05. The van der Waals surface area contributed by atoms with E-state index in [0.717, 1.165) is 18.7 Å². The molecule has 0 N–H and O–H groups in total. The zero-order valence-corrected chi connectivity index (χ0v) is 13.7. The molecule has 3 nitrogen and oxygen atoms in total. The van der Waals surface area contributed by atoms with E-state index in [9.17, 15) is 0 Å². The molecule has 0 fully saturated rings. The third kappa shape index (κ3) is 8.02. The molecule has 1 heterocycles. The molecule has 0 aliphatic rings. The summed E-state index contributed by atoms with van der Waals surface area (Å²) in [7, 11) is 0. The lowest BCUT2D eigenvalue weighted by Crippen LogP contribution is -2.07. The summed E-state index contributed by atoms with van der Waals surface area (Å²) in [6, 6.07) is 0. The number of aryl methyl sites for hydroxylation is 2. The molecule has 0 spiro atoms. The van der Waals surface area contributed by atoms with Gasteiger partial charge in [-0.2, -0.15) is 0 Å². The second kappa shape index (κ2) is 6.53. The van der Waals surface area contributed by atoms with Gasteiger partial charge in [0.15, 0.2) is 0 Å². The monoisotopic (exact) mass is 265 g/mol. The Labute approximate surface area is 118 Å². The van der Waals surface area contributed by atoms with Gasteiger partial charge in [0.05, 0.1) is 5.69 Å². The summed E-state index contributed by atoms with van der Waals surface area (Å²) in [6.45, 7) is 14.7. The molecule has 0 unspecified atom stereocenters. The first kappa shape index (κ1) is 16.2. The quantitative estimate of drug-likeness (QED) is 0.759. The molecule has 1 rings (SSSR count). The highest BCUT2D eigenvalue weighted by Gasteiger charge is 2.11. The van der Waals surface area contributed by atoms with Gasteiger partial charge in [0, 0.05) is 12.7 Å². The highest BCUT2D eigenvalue weighted by molar-refractivity contribution is 4.92. The summed E-state index contributed by atoms with van der Waals surface area (Å²) in [6.07, 6.45) is 8.01. The van der Waals surface area contributed by atoms with Crippen molar-refractivity contribution in [1.82, 2.24) is 15.0 Å². The Morgan fingerprint density at radius 2 is 1.53 bits per heavy atom. The van der Waals surface area contributed by atoms with Crippen molar-refractivity contribution in [2.75, 3.05) is 0 Å². The predicted molar refractivity (Wildman–Crippen MR) is 81.1 cm³/mol. The Bertz CT molecular complexity index is 332. The van der Waals surface area contributed by atoms with Crippen molar-refractivity contribution in [3.05, 3.63) is 11.9 Å². The maximum absolute atomic E-state index is 4.26. The van der Waals surface area contributed by atoms with E-state index in [2.05, 4.69) is 58.1 Å². The van der Waals surface area contributed by atoms with E-state index in [1.54, 1.807) is 0 Å². The molecule has 0 aliphatic carbocycles. The Kier molecular flexibility index (Phi) is 5.57. The van der Waals surface area contributed by atoms with Gasteiger partial charge in [-0.15, -0.1) is 5.10 Å². The fourth-order valence-electron chi connectivity index (χ4n) is 2.13. The molecule has 0 radical (unpaired) electrons. The van der Waals surface area contributed by atoms with E-state index < -0.39 is 0 Å². The average Bonchev–Trinajstić information content (AvgIpc) is 2.62. The fourth-order valence-corrected chi connectivity index (χ4v) is 2.13. The molecular weight excluding hydrogens is 234 g/mol. The van der Waals surface area contributed by atoms with Gasteiger partial charge >= 0.3 is 0 Å². The van der Waals surface area contributed by atoms with Crippen molar-refractivity contribution >= 4 is 0 Å². The van der Waals surface area contributed by atoms with Crippen LogP contribution in [0.25, 0.3) is 0 Å². The average molecular weight is 265 g/mol. The van der Waals surface area contributed by atoms with Crippen molar-refractivity contribution in [1.29, 1.82) is 0 Å². The third-order valence-electron chi connectivity index (χ3n) is 3.26. The van der Waals surface area contributed by atoms with E-state index in [-0.39, 0.29) is 0 Å². The van der Waals surface area contributed by atoms with E-state index in [1.165, 1.54) is 25.7 Å². The summed E-state index contributed by atoms with van der Waals surface area (Å²) in [5.74, 6) is 0. The van der Waals surface area contributed by atoms with Crippen molar-refractivity contribution in [3.8, 4) is 0 Å². The summed E-state index contributed by atoms with van der Waals surface area (Å²) in [5.41, 5.74) is 1.97. The molecule has 0 aromatic carbocycles. The van der Waals surface area contributed by atoms with Crippen LogP contribution in [0, 0.1) is 10.8 Å². The van der Waals surface area contributed by atoms with Crippen LogP contribution in [-0.4, -0.2) is 15.0 Å². The van der Waals surface area contributed by atoms with E-state index >= 15 is 0 Å². The maximum Gasteiger partial charge on any atom is 0.0827 e. The maximum atomic E-state index is 4.26. The Balaban J connectivity index is 2.28. The molecule has 19 heavy (non-hydrogen) atoms. The van der Waals surface area contributed by atoms with Crippen LogP contribution in [-0.2, 0) is 13.0 Å². The molecule has 0 aliphatic heterocycles. The zero-order valence-electron chi connectivity index (χ0n) is 13.7. The van der Waals surface area contributed by atoms with Gasteiger partial charge in [-0.3, -0.25) is 4.68 Å². The summed E-state index contributed by atoms with van der Waals surface area (Å²) in [4.78, 5) is 0. The normalized spacial score (nSPS) is 12.9. The number of nitrogens with zero attached hydrogens (tertiary/aromatic N) is 3. The van der Waals surface area contributed by atoms with Gasteiger partial charge in [-0.05, 0) is 42.9 Å². The van der Waals surface area contributed by atoms with Gasteiger partial charge in [0.25, 0.3) is 0 Å². The number of hydrogen-bond donors (Lipinski definition) is 0. The zero-order chi connectivity index (χ0) is 14.5. The molecule has 0 atom stereocenters. The first-order chi connectivity index (χ1) is 8.66. The highest BCUT2D eigenvalue weighted by atomic mass is 15.4. The first-order valence-electron chi connectivity index (χ1n) is 7.55. The highest BCUT2D eigenvalue weighted by Crippen LogP contribution is 2.22. The molecule has 0 saturated carbocycles. The molecule has 1 aromatic rings. The van der Waals surface area contributed by atoms with Crippen molar-refractivity contribution < 1.29 is 0 Å². The largest absolute Gasteiger partial charge is 0.252 e. The Morgan fingerprint density at radius 1 is 0.947 bits per heavy atom. The Morgan fingerprint density at radius 3 is 2.11 bits per heavy atom. The van der Waals surface area contributed by atoms with Crippen LogP contribution in [0.4, 0.5) is 0 Å². The van der Waals surface area contributed by atoms with Crippen LogP contribution in [0.5, 0.6) is 0 Å². The topological polar surface area (TPSA) is 30.7 Å². The van der Waals surface area contributed by atoms with Gasteiger partial charge in [0.2, 0.25) is 0 Å². The third-order valence-corrected chi connectivity index (χ3v) is 3.26. The second-order valence-electron chi connectivity index (χ2n) is 8.05. The number of hydrogen-bond acceptors (Lipinski definition) is 2. The predicted octanol–water partition coefficient (Wildman–Crippen LogP) is 4.47. The van der Waals surface area contributed by atoms with Gasteiger partial charge in [-0.1, -0.05) is 46.8 Å². The lowest BCUT2D eigenvalue weighted by molar-refractivity contribution is 0.347. The summed E-state index contributed by atoms with van der Waals surface area (Å²) in [5, 5.41) is 8.48. The fraction of sp³-hybridized carbons (Fsp3) is 0.875. The van der Waals surface area contributed by atoms with Crippen LogP contribution in [0.2, 0.25) is 0 Å². The van der Waals surface area contributed by atoms with Gasteiger partial charge in [-0.25, -0.2) is 0 Å². The smallest absolute Gasteiger partial charge is 0.0827 e. The van der Waals surface area contributed by atoms with Crippen molar-refractivity contribution in [3.63, 3.8) is 0 Å². The molecule has 0 amide bonds. The standard InChI is InChI=1S/C16H31N3/c1-15(2,3)10-7-9-14-13-19(18-17-14)12-8-11-16(4,5)6/h13H,7-12H2,1-6H3. The molecular formula is C16H31N3. The minimum Gasteiger partial charge on any atom is -0.252 e. The van der Waals surface area contributed by atoms with Crippen LogP contribution in [0.3, 0.4) is 0 Å². The van der Waals surface area contributed by atoms with Gasteiger partial charge in [0.1, 0.15) is 0 Å². The SMILES string of the molecule is CC(C)(C)CCCc1cn(CCCC(C)(C)C)nn1. The van der Waals surface area contributed by atoms with Crippen LogP contribution >= 0.6 is 0 Å². The molecule has 0 saturated heterocycles. The van der Waals surface area contributed by atoms with Crippen LogP contribution < -0.4 is 0 Å². The lowest BCUT2D eigenvalue weighted by atomic mass is 9.89. The number of rotatable bonds is 6. The lowest BCUT2D eigenvalue weighted by Gasteiger charge is -2.17. The number of aromatic nitrogens is 3. The molecule has 110 valence electrons. The van der Waals surface area contributed by atoms with Crippen molar-refractivity contribution in [2.24, 2.45) is 10.8 Å². The molecule has 3 heteroatoms. The summed E-state index contributed by atoms with van der Waals surface area (Å²) >= 11 is 0. The summed E-state index contributed by atoms with van der Waals surface area (Å²) < 4.78 is 2.00. The van der Waals surface area contributed by atoms with Gasteiger partial charge < -0.3 is 0 Å². The minimum atomic E-state index is 0.413. The van der Waals surface area contributed by atoms with Crippen LogP contribution in [0.1, 0.15) is 72.9 Å². The molecule has 0 bridgehead atoms. The van der Waals surface area contributed by atoms with Crippen molar-refractivity contribution in [2.45, 2.75) is 80.2 Å². The van der Waals surface area contributed by atoms with Crippen LogP contribution in [0.15, 0.2) is 6.20 Å². The molecule has 1 aromatic heterocycles. The first-order valence-corrected chi connectivity index (χ1v) is 7.55. The minimum absolute atomic E-state index is 0.413. The van der Waals surface area contributed by atoms with E-state index in [4.69, 9.17) is 0 Å². The van der Waals surface area contributed by atoms with E-state index in [1.807, 2.05) is 4.68 Å². The Hall–Kier alpha value is -0.860. The van der Waals surface area contributed by atoms with E-state index in [0.29, 0.717) is 10.8 Å².